The zero-order chi connectivity index (χ0) is 25.4. The third-order valence-electron chi connectivity index (χ3n) is 7.76. The number of carbonyl (C=O) groups excluding carboxylic acids is 1. The number of aromatic nitrogens is 4. The van der Waals surface area contributed by atoms with Crippen LogP contribution in [0.1, 0.15) is 66.6 Å². The van der Waals surface area contributed by atoms with Crippen LogP contribution in [0.3, 0.4) is 0 Å². The molecule has 9 heteroatoms. The maximum atomic E-state index is 13.3. The molecule has 1 aromatic carbocycles. The molecule has 0 unspecified atom stereocenters. The molecule has 6 rings (SSSR count). The lowest BCUT2D eigenvalue weighted by Crippen LogP contribution is -2.41. The van der Waals surface area contributed by atoms with E-state index in [1.807, 2.05) is 42.5 Å². The third-order valence-corrected chi connectivity index (χ3v) is 7.76. The number of ether oxygens (including phenoxy) is 1. The lowest BCUT2D eigenvalue weighted by molar-refractivity contribution is 0.0473. The van der Waals surface area contributed by atoms with Gasteiger partial charge in [0.25, 0.3) is 0 Å². The van der Waals surface area contributed by atoms with Crippen LogP contribution in [0.4, 0.5) is 4.79 Å². The zero-order valence-corrected chi connectivity index (χ0v) is 20.5. The van der Waals surface area contributed by atoms with Crippen molar-refractivity contribution in [3.05, 3.63) is 94.3 Å². The van der Waals surface area contributed by atoms with E-state index in [2.05, 4.69) is 27.1 Å². The highest BCUT2D eigenvalue weighted by Gasteiger charge is 2.35. The molecule has 0 bridgehead atoms. The molecule has 4 aromatic rings. The Morgan fingerprint density at radius 2 is 1.70 bits per heavy atom. The molecular formula is C28H30N6O3. The van der Waals surface area contributed by atoms with Crippen molar-refractivity contribution in [3.63, 3.8) is 0 Å². The fraction of sp³-hybridized carbons (Fsp3) is 0.357. The van der Waals surface area contributed by atoms with E-state index in [1.165, 1.54) is 5.56 Å². The summed E-state index contributed by atoms with van der Waals surface area (Å²) in [5, 5.41) is 0. The lowest BCUT2D eigenvalue weighted by atomic mass is 9.86. The number of nitrogens with one attached hydrogen (secondary N) is 1. The van der Waals surface area contributed by atoms with Crippen molar-refractivity contribution in [2.45, 2.75) is 49.8 Å². The number of fused-ring (bicyclic) bond motifs is 2. The molecule has 1 saturated heterocycles. The highest BCUT2D eigenvalue weighted by molar-refractivity contribution is 5.70. The molecule has 1 aliphatic heterocycles. The van der Waals surface area contributed by atoms with Crippen molar-refractivity contribution in [3.8, 4) is 0 Å². The number of nitrogens with zero attached hydrogens (tertiary/aromatic N) is 4. The normalized spacial score (nSPS) is 22.4. The molecule has 3 aromatic heterocycles. The first-order chi connectivity index (χ1) is 18.1. The number of H-pyrrole nitrogens is 1. The van der Waals surface area contributed by atoms with Gasteiger partial charge in [0.15, 0.2) is 5.65 Å². The van der Waals surface area contributed by atoms with Crippen LogP contribution in [0.25, 0.3) is 11.2 Å². The number of benzene rings is 1. The van der Waals surface area contributed by atoms with Crippen molar-refractivity contribution in [1.82, 2.24) is 24.4 Å². The van der Waals surface area contributed by atoms with Crippen LogP contribution in [-0.4, -0.2) is 43.6 Å². The summed E-state index contributed by atoms with van der Waals surface area (Å²) >= 11 is 0. The highest BCUT2D eigenvalue weighted by Crippen LogP contribution is 2.42. The van der Waals surface area contributed by atoms with Crippen LogP contribution >= 0.6 is 0 Å². The lowest BCUT2D eigenvalue weighted by Gasteiger charge is -2.33. The van der Waals surface area contributed by atoms with Gasteiger partial charge in [0.05, 0.1) is 11.2 Å². The van der Waals surface area contributed by atoms with Crippen LogP contribution in [0.2, 0.25) is 0 Å². The summed E-state index contributed by atoms with van der Waals surface area (Å²) in [5.74, 6) is 0.118. The molecule has 37 heavy (non-hydrogen) atoms. The van der Waals surface area contributed by atoms with Gasteiger partial charge in [-0.1, -0.05) is 36.4 Å². The van der Waals surface area contributed by atoms with Gasteiger partial charge in [0.2, 0.25) is 0 Å². The number of hydrogen-bond acceptors (Lipinski definition) is 6. The van der Waals surface area contributed by atoms with Crippen LogP contribution in [0, 0.1) is 0 Å². The smallest absolute Gasteiger partial charge is 0.410 e. The van der Waals surface area contributed by atoms with Gasteiger partial charge >= 0.3 is 11.8 Å². The second-order valence-corrected chi connectivity index (χ2v) is 9.86. The van der Waals surface area contributed by atoms with Gasteiger partial charge in [-0.2, -0.15) is 0 Å². The summed E-state index contributed by atoms with van der Waals surface area (Å²) in [6.45, 7) is 1.02. The molecule has 3 atom stereocenters. The Balaban J connectivity index is 1.16. The fourth-order valence-corrected chi connectivity index (χ4v) is 5.86. The topological polar surface area (TPSA) is 119 Å². The number of nitrogens with two attached hydrogens (primary N) is 1. The zero-order valence-electron chi connectivity index (χ0n) is 20.5. The van der Waals surface area contributed by atoms with E-state index in [0.29, 0.717) is 38.0 Å². The second kappa shape index (κ2) is 9.82. The van der Waals surface area contributed by atoms with E-state index >= 15 is 0 Å². The number of amides is 1. The fourth-order valence-electron chi connectivity index (χ4n) is 5.86. The van der Waals surface area contributed by atoms with Gasteiger partial charge in [-0.15, -0.1) is 0 Å². The van der Waals surface area contributed by atoms with Crippen molar-refractivity contribution in [1.29, 1.82) is 0 Å². The molecule has 3 N–H and O–H groups in total. The van der Waals surface area contributed by atoms with E-state index in [-0.39, 0.29) is 29.8 Å². The maximum absolute atomic E-state index is 13.3. The molecule has 0 radical (unpaired) electrons. The average molecular weight is 499 g/mol. The Morgan fingerprint density at radius 1 is 0.946 bits per heavy atom. The number of carbonyl (C=O) groups is 1. The van der Waals surface area contributed by atoms with Crippen molar-refractivity contribution < 1.29 is 9.53 Å². The molecule has 9 nitrogen and oxygen atoms in total. The number of likely N-dealkylation sites (tertiary alicyclic amines) is 1. The third kappa shape index (κ3) is 4.40. The standard InChI is InChI=1S/C28H30N6O3/c29-24-20(18-6-2-1-3-7-18)10-11-23(25-21(24)8-4-14-30-25)37-28(36)33-16-12-19(13-17-33)34-22-9-5-15-31-26(22)32-27(34)35/h1-9,14-15,19-20,23-24H,10-13,16-17,29H2,(H,31,32,35)/t20-,23+,24-/m0/s1. The molecule has 2 aliphatic rings. The highest BCUT2D eigenvalue weighted by atomic mass is 16.6. The molecule has 0 saturated carbocycles. The number of hydrogen-bond donors (Lipinski definition) is 2. The Labute approximate surface area is 214 Å². The summed E-state index contributed by atoms with van der Waals surface area (Å²) in [7, 11) is 0. The van der Waals surface area contributed by atoms with E-state index < -0.39 is 6.10 Å². The summed E-state index contributed by atoms with van der Waals surface area (Å²) in [5.41, 5.74) is 10.8. The Hall–Kier alpha value is -3.98. The van der Waals surface area contributed by atoms with E-state index in [1.54, 1.807) is 21.9 Å². The number of pyridine rings is 2. The summed E-state index contributed by atoms with van der Waals surface area (Å²) in [6, 6.07) is 17.6. The Kier molecular flexibility index (Phi) is 6.21. The number of aromatic amines is 1. The largest absolute Gasteiger partial charge is 0.440 e. The average Bonchev–Trinajstić information content (AvgIpc) is 3.21. The van der Waals surface area contributed by atoms with Crippen molar-refractivity contribution in [2.24, 2.45) is 5.73 Å². The van der Waals surface area contributed by atoms with Crippen molar-refractivity contribution in [2.75, 3.05) is 13.1 Å². The van der Waals surface area contributed by atoms with Gasteiger partial charge in [-0.25, -0.2) is 14.6 Å². The number of rotatable bonds is 3. The SMILES string of the molecule is N[C@@H]1c2cccnc2[C@H](OC(=O)N2CCC(n3c(=O)[nH]c4ncccc43)CC2)CC[C@H]1c1ccccc1. The summed E-state index contributed by atoms with van der Waals surface area (Å²) in [4.78, 5) is 39.2. The van der Waals surface area contributed by atoms with Crippen molar-refractivity contribution >= 4 is 17.3 Å². The predicted octanol–water partition coefficient (Wildman–Crippen LogP) is 4.21. The van der Waals surface area contributed by atoms with Gasteiger partial charge in [-0.3, -0.25) is 14.5 Å². The predicted molar refractivity (Wildman–Crippen MR) is 139 cm³/mol. The second-order valence-electron chi connectivity index (χ2n) is 9.86. The summed E-state index contributed by atoms with van der Waals surface area (Å²) in [6.07, 6.45) is 5.36. The molecule has 1 fully saturated rings. The van der Waals surface area contributed by atoms with Crippen LogP contribution in [-0.2, 0) is 4.74 Å². The Bertz CT molecular complexity index is 1460. The molecule has 1 amide bonds. The maximum Gasteiger partial charge on any atom is 0.410 e. The first-order valence-corrected chi connectivity index (χ1v) is 12.9. The van der Waals surface area contributed by atoms with E-state index in [9.17, 15) is 9.59 Å². The van der Waals surface area contributed by atoms with Gasteiger partial charge in [-0.05, 0) is 55.0 Å². The number of piperidine rings is 1. The number of imidazole rings is 1. The van der Waals surface area contributed by atoms with Crippen LogP contribution in [0.15, 0.2) is 71.8 Å². The molecular weight excluding hydrogens is 468 g/mol. The van der Waals surface area contributed by atoms with Gasteiger partial charge in [0.1, 0.15) is 6.10 Å². The minimum Gasteiger partial charge on any atom is -0.440 e. The van der Waals surface area contributed by atoms with Crippen LogP contribution < -0.4 is 11.4 Å². The first kappa shape index (κ1) is 23.4. The van der Waals surface area contributed by atoms with E-state index in [0.717, 1.165) is 23.2 Å². The minimum atomic E-state index is -0.455. The summed E-state index contributed by atoms with van der Waals surface area (Å²) < 4.78 is 7.84. The molecule has 4 heterocycles. The van der Waals surface area contributed by atoms with E-state index in [4.69, 9.17) is 10.5 Å². The van der Waals surface area contributed by atoms with Crippen LogP contribution in [0.5, 0.6) is 0 Å². The van der Waals surface area contributed by atoms with Gasteiger partial charge < -0.3 is 15.4 Å². The Morgan fingerprint density at radius 3 is 2.51 bits per heavy atom. The van der Waals surface area contributed by atoms with Gasteiger partial charge in [0, 0.05) is 43.5 Å². The molecule has 0 spiro atoms. The minimum absolute atomic E-state index is 0.000554. The molecule has 190 valence electrons. The first-order valence-electron chi connectivity index (χ1n) is 12.9. The monoisotopic (exact) mass is 498 g/mol. The molecule has 1 aliphatic carbocycles. The quantitative estimate of drug-likeness (QED) is 0.409.